The van der Waals surface area contributed by atoms with Gasteiger partial charge in [0.25, 0.3) is 0 Å². The van der Waals surface area contributed by atoms with E-state index in [1.165, 1.54) is 18.2 Å². The van der Waals surface area contributed by atoms with E-state index in [1.807, 2.05) is 13.8 Å². The van der Waals surface area contributed by atoms with Crippen LogP contribution in [0.3, 0.4) is 0 Å². The summed E-state index contributed by atoms with van der Waals surface area (Å²) < 4.78 is 82.3. The van der Waals surface area contributed by atoms with Gasteiger partial charge in [0.05, 0.1) is 21.9 Å². The second-order valence-electron chi connectivity index (χ2n) is 8.03. The van der Waals surface area contributed by atoms with Crippen LogP contribution < -0.4 is 5.32 Å². The highest BCUT2D eigenvalue weighted by Gasteiger charge is 2.59. The van der Waals surface area contributed by atoms with Crippen LogP contribution in [-0.2, 0) is 22.7 Å². The first-order chi connectivity index (χ1) is 14.6. The molecule has 1 saturated carbocycles. The van der Waals surface area contributed by atoms with E-state index in [-0.39, 0.29) is 30.0 Å². The molecule has 0 saturated heterocycles. The number of nitrogens with one attached hydrogen (secondary N) is 1. The molecule has 0 aliphatic heterocycles. The third-order valence-electron chi connectivity index (χ3n) is 6.09. The second-order valence-corrected chi connectivity index (χ2v) is 10.5. The lowest BCUT2D eigenvalue weighted by atomic mass is 10.1. The topological polar surface area (TPSA) is 46.2 Å². The van der Waals surface area contributed by atoms with Gasteiger partial charge in [0, 0.05) is 11.6 Å². The highest BCUT2D eigenvalue weighted by Crippen LogP contribution is 2.53. The first-order valence-corrected chi connectivity index (χ1v) is 11.8. The van der Waals surface area contributed by atoms with Crippen LogP contribution in [0.15, 0.2) is 36.9 Å². The van der Waals surface area contributed by atoms with Crippen molar-refractivity contribution in [3.8, 4) is 0 Å². The first-order valence-electron chi connectivity index (χ1n) is 10.1. The lowest BCUT2D eigenvalue weighted by molar-refractivity contribution is 0.494. The summed E-state index contributed by atoms with van der Waals surface area (Å²) in [5.74, 6) is -5.15. The average Bonchev–Trinajstić information content (AvgIpc) is 3.38. The summed E-state index contributed by atoms with van der Waals surface area (Å²) >= 11 is 0. The molecule has 2 aromatic rings. The Bertz CT molecular complexity index is 1120. The van der Waals surface area contributed by atoms with Crippen LogP contribution in [0.2, 0.25) is 0 Å². The predicted molar refractivity (Wildman–Crippen MR) is 114 cm³/mol. The molecule has 1 aliphatic rings. The fourth-order valence-corrected chi connectivity index (χ4v) is 6.38. The monoisotopic (exact) mass is 455 g/mol. The average molecular weight is 456 g/mol. The van der Waals surface area contributed by atoms with Gasteiger partial charge in [0.15, 0.2) is 21.5 Å². The van der Waals surface area contributed by atoms with Gasteiger partial charge in [-0.05, 0) is 49.3 Å². The Hall–Kier alpha value is -2.35. The van der Waals surface area contributed by atoms with E-state index in [9.17, 15) is 26.0 Å². The Kier molecular flexibility index (Phi) is 6.51. The normalized spacial score (nSPS) is 20.5. The molecule has 31 heavy (non-hydrogen) atoms. The molecule has 168 valence electrons. The van der Waals surface area contributed by atoms with E-state index < -0.39 is 49.3 Å². The van der Waals surface area contributed by atoms with Crippen LogP contribution in [0.25, 0.3) is 0 Å². The number of rotatable bonds is 9. The molecule has 0 amide bonds. The van der Waals surface area contributed by atoms with Crippen molar-refractivity contribution in [2.45, 2.75) is 44.3 Å². The fraction of sp³-hybridized carbons (Fsp3) is 0.391. The van der Waals surface area contributed by atoms with Crippen LogP contribution in [0.1, 0.15) is 37.8 Å². The van der Waals surface area contributed by atoms with Crippen LogP contribution in [0.4, 0.5) is 28.9 Å². The molecule has 0 aromatic heterocycles. The maximum Gasteiger partial charge on any atom is 0.182 e. The molecule has 3 nitrogen and oxygen atoms in total. The first kappa shape index (κ1) is 23.3. The fourth-order valence-electron chi connectivity index (χ4n) is 4.01. The molecule has 3 rings (SSSR count). The number of aryl methyl sites for hydroxylation is 1. The second kappa shape index (κ2) is 8.65. The molecular formula is C23H25F4NO2S. The van der Waals surface area contributed by atoms with E-state index in [2.05, 4.69) is 11.9 Å². The van der Waals surface area contributed by atoms with Gasteiger partial charge >= 0.3 is 0 Å². The Morgan fingerprint density at radius 3 is 2.39 bits per heavy atom. The Balaban J connectivity index is 1.94. The zero-order valence-corrected chi connectivity index (χ0v) is 18.3. The zero-order chi connectivity index (χ0) is 23.0. The summed E-state index contributed by atoms with van der Waals surface area (Å²) in [7, 11) is -3.66. The van der Waals surface area contributed by atoms with Gasteiger partial charge in [-0.15, -0.1) is 6.58 Å². The van der Waals surface area contributed by atoms with E-state index in [4.69, 9.17) is 0 Å². The largest absolute Gasteiger partial charge is 0.350 e. The zero-order valence-electron chi connectivity index (χ0n) is 17.4. The van der Waals surface area contributed by atoms with Crippen molar-refractivity contribution in [1.29, 1.82) is 0 Å². The SMILES string of the molecule is C=CCC1(S(=O)(=O)CCc2c(F)cc(F)c(F)c2Nc2ccc(CC)cc2F)CC1C. The summed E-state index contributed by atoms with van der Waals surface area (Å²) in [5, 5.41) is 2.43. The molecule has 0 heterocycles. The lowest BCUT2D eigenvalue weighted by Gasteiger charge is -2.18. The molecule has 8 heteroatoms. The summed E-state index contributed by atoms with van der Waals surface area (Å²) in [5.41, 5.74) is -0.406. The van der Waals surface area contributed by atoms with Gasteiger partial charge in [-0.2, -0.15) is 0 Å². The minimum atomic E-state index is -3.66. The number of anilines is 2. The molecule has 2 atom stereocenters. The van der Waals surface area contributed by atoms with E-state index in [0.717, 1.165) is 0 Å². The minimum Gasteiger partial charge on any atom is -0.350 e. The van der Waals surface area contributed by atoms with Crippen LogP contribution >= 0.6 is 0 Å². The minimum absolute atomic E-state index is 0.0610. The summed E-state index contributed by atoms with van der Waals surface area (Å²) in [6, 6.07) is 4.57. The van der Waals surface area contributed by atoms with Crippen molar-refractivity contribution in [2.75, 3.05) is 11.1 Å². The summed E-state index contributed by atoms with van der Waals surface area (Å²) in [6.45, 7) is 7.26. The molecule has 1 N–H and O–H groups in total. The standard InChI is InChI=1S/C23H25F4NO2S/c1-4-9-23(13-14(23)3)31(29,30)10-8-16-17(24)12-19(26)21(27)22(16)28-20-7-6-15(5-2)11-18(20)25/h4,6-7,11-12,14,28H,1,5,8-10,13H2,2-3H3. The molecule has 2 unspecified atom stereocenters. The van der Waals surface area contributed by atoms with Gasteiger partial charge in [0.1, 0.15) is 11.6 Å². The van der Waals surface area contributed by atoms with Crippen molar-refractivity contribution in [1.82, 2.24) is 0 Å². The number of hydrogen-bond acceptors (Lipinski definition) is 3. The molecule has 1 aliphatic carbocycles. The van der Waals surface area contributed by atoms with E-state index in [1.54, 1.807) is 6.07 Å². The highest BCUT2D eigenvalue weighted by atomic mass is 32.2. The van der Waals surface area contributed by atoms with E-state index >= 15 is 0 Å². The highest BCUT2D eigenvalue weighted by molar-refractivity contribution is 7.93. The van der Waals surface area contributed by atoms with E-state index in [0.29, 0.717) is 24.5 Å². The predicted octanol–water partition coefficient (Wildman–Crippen LogP) is 5.86. The molecule has 0 spiro atoms. The Labute approximate surface area is 180 Å². The maximum atomic E-state index is 14.6. The van der Waals surface area contributed by atoms with Crippen LogP contribution in [0.5, 0.6) is 0 Å². The van der Waals surface area contributed by atoms with Gasteiger partial charge < -0.3 is 5.32 Å². The van der Waals surface area contributed by atoms with Gasteiger partial charge in [0.2, 0.25) is 0 Å². The lowest BCUT2D eigenvalue weighted by Crippen LogP contribution is -2.28. The maximum absolute atomic E-state index is 14.6. The summed E-state index contributed by atoms with van der Waals surface area (Å²) in [6.07, 6.45) is 2.48. The van der Waals surface area contributed by atoms with Crippen molar-refractivity contribution in [3.05, 3.63) is 71.3 Å². The third-order valence-corrected chi connectivity index (χ3v) is 8.81. The van der Waals surface area contributed by atoms with Crippen molar-refractivity contribution >= 4 is 21.2 Å². The van der Waals surface area contributed by atoms with Gasteiger partial charge in [-0.25, -0.2) is 26.0 Å². The van der Waals surface area contributed by atoms with Gasteiger partial charge in [-0.3, -0.25) is 0 Å². The molecular weight excluding hydrogens is 430 g/mol. The number of sulfone groups is 1. The van der Waals surface area contributed by atoms with Crippen molar-refractivity contribution in [2.24, 2.45) is 5.92 Å². The number of benzene rings is 2. The number of hydrogen-bond donors (Lipinski definition) is 1. The van der Waals surface area contributed by atoms with Crippen LogP contribution in [0, 0.1) is 29.2 Å². The number of allylic oxidation sites excluding steroid dienone is 1. The summed E-state index contributed by atoms with van der Waals surface area (Å²) in [4.78, 5) is 0. The molecule has 0 bridgehead atoms. The molecule has 0 radical (unpaired) electrons. The quantitative estimate of drug-likeness (QED) is 0.293. The molecule has 2 aromatic carbocycles. The van der Waals surface area contributed by atoms with Crippen LogP contribution in [-0.4, -0.2) is 18.9 Å². The Morgan fingerprint density at radius 2 is 1.84 bits per heavy atom. The van der Waals surface area contributed by atoms with Crippen molar-refractivity contribution in [3.63, 3.8) is 0 Å². The smallest absolute Gasteiger partial charge is 0.182 e. The molecule has 1 fully saturated rings. The Morgan fingerprint density at radius 1 is 1.16 bits per heavy atom. The van der Waals surface area contributed by atoms with Gasteiger partial charge in [-0.1, -0.05) is 26.0 Å². The third kappa shape index (κ3) is 4.35. The number of halogens is 4. The van der Waals surface area contributed by atoms with Crippen molar-refractivity contribution < 1.29 is 26.0 Å².